The number of benzene rings is 1. The molecule has 3 aromatic rings. The SMILES string of the molecule is CC1CCN(c2cc(-c3ccccc3O)nnc2N)CCN1c1cc(C#CCN2CCCCC2)ncc1F. The van der Waals surface area contributed by atoms with Crippen molar-refractivity contribution in [1.82, 2.24) is 20.1 Å². The van der Waals surface area contributed by atoms with Gasteiger partial charge in [0.25, 0.3) is 0 Å². The minimum absolute atomic E-state index is 0.0970. The van der Waals surface area contributed by atoms with E-state index in [-0.39, 0.29) is 17.6 Å². The maximum absolute atomic E-state index is 15.0. The molecule has 38 heavy (non-hydrogen) atoms. The third-order valence-corrected chi connectivity index (χ3v) is 7.39. The van der Waals surface area contributed by atoms with Gasteiger partial charge in [0.2, 0.25) is 0 Å². The lowest BCUT2D eigenvalue weighted by atomic mass is 10.1. The third-order valence-electron chi connectivity index (χ3n) is 7.39. The fourth-order valence-corrected chi connectivity index (χ4v) is 5.20. The van der Waals surface area contributed by atoms with Crippen molar-refractivity contribution in [3.63, 3.8) is 0 Å². The van der Waals surface area contributed by atoms with Gasteiger partial charge in [0.15, 0.2) is 11.6 Å². The Hall–Kier alpha value is -3.90. The highest BCUT2D eigenvalue weighted by atomic mass is 19.1. The Morgan fingerprint density at radius 1 is 1.03 bits per heavy atom. The summed E-state index contributed by atoms with van der Waals surface area (Å²) in [6.45, 7) is 6.94. The number of para-hydroxylation sites is 1. The van der Waals surface area contributed by atoms with Crippen LogP contribution in [0.5, 0.6) is 5.75 Å². The number of phenols is 1. The lowest BCUT2D eigenvalue weighted by Gasteiger charge is -2.29. The summed E-state index contributed by atoms with van der Waals surface area (Å²) in [5.74, 6) is 6.47. The van der Waals surface area contributed by atoms with Crippen molar-refractivity contribution in [1.29, 1.82) is 0 Å². The summed E-state index contributed by atoms with van der Waals surface area (Å²) in [7, 11) is 0. The molecule has 1 aromatic carbocycles. The van der Waals surface area contributed by atoms with Gasteiger partial charge in [-0.1, -0.05) is 24.5 Å². The molecule has 0 radical (unpaired) electrons. The molecule has 3 N–H and O–H groups in total. The fraction of sp³-hybridized carbons (Fsp3) is 0.414. The Morgan fingerprint density at radius 3 is 2.66 bits per heavy atom. The van der Waals surface area contributed by atoms with Crippen LogP contribution in [-0.2, 0) is 0 Å². The second kappa shape index (κ2) is 11.7. The number of hydrogen-bond donors (Lipinski definition) is 2. The van der Waals surface area contributed by atoms with E-state index >= 15 is 0 Å². The summed E-state index contributed by atoms with van der Waals surface area (Å²) in [5.41, 5.74) is 9.24. The largest absolute Gasteiger partial charge is 0.507 e. The molecule has 2 aliphatic rings. The highest BCUT2D eigenvalue weighted by Gasteiger charge is 2.25. The molecule has 5 rings (SSSR count). The average Bonchev–Trinajstić information content (AvgIpc) is 3.12. The smallest absolute Gasteiger partial charge is 0.169 e. The molecule has 0 saturated carbocycles. The van der Waals surface area contributed by atoms with E-state index < -0.39 is 0 Å². The molecule has 198 valence electrons. The van der Waals surface area contributed by atoms with E-state index in [9.17, 15) is 9.50 Å². The Morgan fingerprint density at radius 2 is 1.84 bits per heavy atom. The minimum Gasteiger partial charge on any atom is -0.507 e. The summed E-state index contributed by atoms with van der Waals surface area (Å²) in [4.78, 5) is 10.8. The standard InChI is InChI=1S/C29H34FN7O/c1-21-11-15-36(27-19-25(33-34-29(27)31)23-9-3-4-10-28(23)38)16-17-37(21)26-18-22(32-20-24(26)30)8-7-14-35-12-5-2-6-13-35/h3-4,9-10,18-21,38H,2,5-6,11-17H2,1H3,(H2,31,34). The predicted molar refractivity (Wildman–Crippen MR) is 149 cm³/mol. The number of aromatic nitrogens is 3. The molecule has 8 nitrogen and oxygen atoms in total. The fourth-order valence-electron chi connectivity index (χ4n) is 5.20. The maximum Gasteiger partial charge on any atom is 0.169 e. The number of aromatic hydroxyl groups is 1. The van der Waals surface area contributed by atoms with Crippen LogP contribution in [0.25, 0.3) is 11.3 Å². The molecular weight excluding hydrogens is 481 g/mol. The summed E-state index contributed by atoms with van der Waals surface area (Å²) < 4.78 is 15.0. The molecule has 0 spiro atoms. The predicted octanol–water partition coefficient (Wildman–Crippen LogP) is 3.91. The highest BCUT2D eigenvalue weighted by molar-refractivity contribution is 5.74. The van der Waals surface area contributed by atoms with Gasteiger partial charge in [-0.05, 0) is 69.5 Å². The highest BCUT2D eigenvalue weighted by Crippen LogP contribution is 2.33. The van der Waals surface area contributed by atoms with E-state index in [1.807, 2.05) is 12.1 Å². The molecule has 2 saturated heterocycles. The number of phenolic OH excluding ortho intramolecular Hbond substituents is 1. The number of likely N-dealkylation sites (tertiary alicyclic amines) is 1. The molecule has 2 aliphatic heterocycles. The van der Waals surface area contributed by atoms with Crippen LogP contribution in [0.1, 0.15) is 38.3 Å². The van der Waals surface area contributed by atoms with Crippen LogP contribution >= 0.6 is 0 Å². The van der Waals surface area contributed by atoms with Crippen molar-refractivity contribution in [2.45, 2.75) is 38.6 Å². The first-order valence-corrected chi connectivity index (χ1v) is 13.3. The molecule has 9 heteroatoms. The number of hydrogen-bond acceptors (Lipinski definition) is 8. The summed E-state index contributed by atoms with van der Waals surface area (Å²) in [6, 6.07) is 10.7. The van der Waals surface area contributed by atoms with E-state index in [4.69, 9.17) is 5.73 Å². The first-order chi connectivity index (χ1) is 18.5. The lowest BCUT2D eigenvalue weighted by Crippen LogP contribution is -2.35. The third kappa shape index (κ3) is 5.81. The quantitative estimate of drug-likeness (QED) is 0.505. The van der Waals surface area contributed by atoms with Gasteiger partial charge in [-0.25, -0.2) is 9.37 Å². The van der Waals surface area contributed by atoms with E-state index in [1.165, 1.54) is 25.5 Å². The zero-order valence-electron chi connectivity index (χ0n) is 21.8. The molecule has 0 bridgehead atoms. The summed E-state index contributed by atoms with van der Waals surface area (Å²) in [6.07, 6.45) is 5.81. The zero-order chi connectivity index (χ0) is 26.5. The van der Waals surface area contributed by atoms with Crippen molar-refractivity contribution < 1.29 is 9.50 Å². The molecule has 1 atom stereocenters. The topological polar surface area (TPSA) is 94.6 Å². The van der Waals surface area contributed by atoms with Crippen LogP contribution in [0.2, 0.25) is 0 Å². The van der Waals surface area contributed by atoms with Gasteiger partial charge >= 0.3 is 0 Å². The van der Waals surface area contributed by atoms with Crippen molar-refractivity contribution in [3.05, 3.63) is 54.1 Å². The lowest BCUT2D eigenvalue weighted by molar-refractivity contribution is 0.255. The number of halogens is 1. The van der Waals surface area contributed by atoms with Crippen molar-refractivity contribution in [2.75, 3.05) is 54.8 Å². The number of rotatable bonds is 4. The normalized spacial score (nSPS) is 18.5. The van der Waals surface area contributed by atoms with Gasteiger partial charge in [0.05, 0.1) is 29.8 Å². The van der Waals surface area contributed by atoms with Crippen molar-refractivity contribution in [3.8, 4) is 28.8 Å². The second-order valence-electron chi connectivity index (χ2n) is 9.99. The summed E-state index contributed by atoms with van der Waals surface area (Å²) >= 11 is 0. The number of piperidine rings is 1. The second-order valence-corrected chi connectivity index (χ2v) is 9.99. The Kier molecular flexibility index (Phi) is 7.89. The van der Waals surface area contributed by atoms with Crippen LogP contribution in [0.4, 0.5) is 21.6 Å². The Balaban J connectivity index is 1.33. The molecule has 0 amide bonds. The Labute approximate surface area is 223 Å². The molecule has 1 unspecified atom stereocenters. The first kappa shape index (κ1) is 25.7. The average molecular weight is 516 g/mol. The number of nitrogen functional groups attached to an aromatic ring is 1. The van der Waals surface area contributed by atoms with Gasteiger partial charge in [0, 0.05) is 31.2 Å². The zero-order valence-corrected chi connectivity index (χ0v) is 21.8. The van der Waals surface area contributed by atoms with Crippen LogP contribution in [0.15, 0.2) is 42.6 Å². The number of nitrogens with two attached hydrogens (primary N) is 1. The van der Waals surface area contributed by atoms with Gasteiger partial charge in [-0.15, -0.1) is 10.2 Å². The van der Waals surface area contributed by atoms with Crippen LogP contribution in [0, 0.1) is 17.7 Å². The number of pyridine rings is 1. The minimum atomic E-state index is -0.348. The molecule has 2 aromatic heterocycles. The monoisotopic (exact) mass is 515 g/mol. The molecule has 4 heterocycles. The van der Waals surface area contributed by atoms with Crippen molar-refractivity contribution in [2.24, 2.45) is 0 Å². The van der Waals surface area contributed by atoms with Crippen LogP contribution < -0.4 is 15.5 Å². The van der Waals surface area contributed by atoms with Crippen LogP contribution in [-0.4, -0.2) is 70.5 Å². The van der Waals surface area contributed by atoms with E-state index in [0.29, 0.717) is 48.1 Å². The number of nitrogens with zero attached hydrogens (tertiary/aromatic N) is 6. The van der Waals surface area contributed by atoms with E-state index in [1.54, 1.807) is 24.3 Å². The summed E-state index contributed by atoms with van der Waals surface area (Å²) in [5, 5.41) is 18.6. The molecule has 0 aliphatic carbocycles. The van der Waals surface area contributed by atoms with E-state index in [0.717, 1.165) is 31.7 Å². The van der Waals surface area contributed by atoms with E-state index in [2.05, 4.69) is 48.6 Å². The molecule has 2 fully saturated rings. The number of anilines is 3. The van der Waals surface area contributed by atoms with Crippen molar-refractivity contribution >= 4 is 17.2 Å². The van der Waals surface area contributed by atoms with Gasteiger partial charge in [0.1, 0.15) is 11.4 Å². The van der Waals surface area contributed by atoms with Crippen LogP contribution in [0.3, 0.4) is 0 Å². The first-order valence-electron chi connectivity index (χ1n) is 13.3. The van der Waals surface area contributed by atoms with Gasteiger partial charge < -0.3 is 20.6 Å². The van der Waals surface area contributed by atoms with Gasteiger partial charge in [-0.3, -0.25) is 4.90 Å². The maximum atomic E-state index is 15.0. The van der Waals surface area contributed by atoms with Gasteiger partial charge in [-0.2, -0.15) is 0 Å². The Bertz CT molecular complexity index is 1330. The molecular formula is C29H34FN7O.